The molecule has 4 rings (SSSR count). The Morgan fingerprint density at radius 2 is 1.88 bits per heavy atom. The van der Waals surface area contributed by atoms with Crippen LogP contribution in [-0.4, -0.2) is 34.0 Å². The molecule has 1 aromatic heterocycles. The van der Waals surface area contributed by atoms with Crippen molar-refractivity contribution in [3.05, 3.63) is 65.0 Å². The van der Waals surface area contributed by atoms with E-state index >= 15 is 0 Å². The van der Waals surface area contributed by atoms with E-state index in [1.165, 1.54) is 12.1 Å². The fourth-order valence-corrected chi connectivity index (χ4v) is 3.72. The topological polar surface area (TPSA) is 71.3 Å². The molecule has 2 aromatic carbocycles. The zero-order chi connectivity index (χ0) is 22.7. The second-order valence-electron chi connectivity index (χ2n) is 7.64. The third-order valence-electron chi connectivity index (χ3n) is 5.35. The Morgan fingerprint density at radius 3 is 2.56 bits per heavy atom. The first-order valence-corrected chi connectivity index (χ1v) is 10.4. The van der Waals surface area contributed by atoms with Crippen LogP contribution in [0.3, 0.4) is 0 Å². The van der Waals surface area contributed by atoms with Gasteiger partial charge in [-0.05, 0) is 68.4 Å². The first kappa shape index (κ1) is 22.3. The van der Waals surface area contributed by atoms with Crippen molar-refractivity contribution >= 4 is 23.2 Å². The van der Waals surface area contributed by atoms with Crippen LogP contribution < -0.4 is 5.32 Å². The number of hydrogen-bond donors (Lipinski definition) is 1. The number of benzene rings is 2. The lowest BCUT2D eigenvalue weighted by Gasteiger charge is -2.30. The van der Waals surface area contributed by atoms with Crippen molar-refractivity contribution in [3.63, 3.8) is 0 Å². The van der Waals surface area contributed by atoms with Gasteiger partial charge in [-0.3, -0.25) is 9.69 Å². The van der Waals surface area contributed by atoms with Gasteiger partial charge in [0.25, 0.3) is 0 Å². The Kier molecular flexibility index (Phi) is 6.48. The summed E-state index contributed by atoms with van der Waals surface area (Å²) in [6, 6.07) is 11.8. The molecule has 1 aliphatic rings. The van der Waals surface area contributed by atoms with Crippen LogP contribution in [0.5, 0.6) is 0 Å². The van der Waals surface area contributed by atoms with Crippen molar-refractivity contribution in [2.24, 2.45) is 5.92 Å². The van der Waals surface area contributed by atoms with E-state index in [9.17, 15) is 18.0 Å². The SMILES string of the molecule is O=C(Nc1cccc(C(F)(F)F)c1)C1CCN(Cc2nc(-c3ccc(Cl)cc3)no2)CC1. The highest BCUT2D eigenvalue weighted by molar-refractivity contribution is 6.30. The Labute approximate surface area is 187 Å². The third kappa shape index (κ3) is 5.46. The molecule has 1 saturated heterocycles. The van der Waals surface area contributed by atoms with Crippen molar-refractivity contribution in [1.82, 2.24) is 15.0 Å². The quantitative estimate of drug-likeness (QED) is 0.557. The van der Waals surface area contributed by atoms with Gasteiger partial charge in [0, 0.05) is 22.2 Å². The number of hydrogen-bond acceptors (Lipinski definition) is 5. The van der Waals surface area contributed by atoms with E-state index in [1.807, 2.05) is 12.1 Å². The van der Waals surface area contributed by atoms with Crippen molar-refractivity contribution < 1.29 is 22.5 Å². The van der Waals surface area contributed by atoms with E-state index in [1.54, 1.807) is 12.1 Å². The molecule has 168 valence electrons. The number of alkyl halides is 3. The minimum atomic E-state index is -4.45. The lowest BCUT2D eigenvalue weighted by Crippen LogP contribution is -2.37. The normalized spacial score (nSPS) is 15.6. The molecular formula is C22H20ClF3N4O2. The summed E-state index contributed by atoms with van der Waals surface area (Å²) in [5.74, 6) is 0.411. The summed E-state index contributed by atoms with van der Waals surface area (Å²) in [7, 11) is 0. The van der Waals surface area contributed by atoms with E-state index in [4.69, 9.17) is 16.1 Å². The predicted octanol–water partition coefficient (Wildman–Crippen LogP) is 5.26. The molecule has 1 aliphatic heterocycles. The van der Waals surface area contributed by atoms with Crippen LogP contribution in [0.1, 0.15) is 24.3 Å². The largest absolute Gasteiger partial charge is 0.416 e. The number of anilines is 1. The molecule has 0 spiro atoms. The zero-order valence-electron chi connectivity index (χ0n) is 16.9. The maximum atomic E-state index is 12.9. The van der Waals surface area contributed by atoms with E-state index < -0.39 is 11.7 Å². The second-order valence-corrected chi connectivity index (χ2v) is 8.07. The molecule has 3 aromatic rings. The van der Waals surface area contributed by atoms with E-state index in [-0.39, 0.29) is 17.5 Å². The monoisotopic (exact) mass is 464 g/mol. The minimum absolute atomic E-state index is 0.146. The van der Waals surface area contributed by atoms with Gasteiger partial charge in [-0.1, -0.05) is 22.8 Å². The van der Waals surface area contributed by atoms with Crippen molar-refractivity contribution in [3.8, 4) is 11.4 Å². The summed E-state index contributed by atoms with van der Waals surface area (Å²) in [5, 5.41) is 7.22. The standard InChI is InChI=1S/C22H20ClF3N4O2/c23-17-6-4-14(5-7-17)20-28-19(32-29-20)13-30-10-8-15(9-11-30)21(31)27-18-3-1-2-16(12-18)22(24,25)26/h1-7,12,15H,8-11,13H2,(H,27,31). The lowest BCUT2D eigenvalue weighted by atomic mass is 9.95. The van der Waals surface area contributed by atoms with Crippen LogP contribution in [0.2, 0.25) is 5.02 Å². The number of nitrogens with zero attached hydrogens (tertiary/aromatic N) is 3. The molecule has 2 heterocycles. The average molecular weight is 465 g/mol. The molecule has 32 heavy (non-hydrogen) atoms. The Balaban J connectivity index is 1.29. The molecule has 0 bridgehead atoms. The highest BCUT2D eigenvalue weighted by Gasteiger charge is 2.31. The summed E-state index contributed by atoms with van der Waals surface area (Å²) >= 11 is 5.89. The predicted molar refractivity (Wildman–Crippen MR) is 113 cm³/mol. The van der Waals surface area contributed by atoms with E-state index in [0.29, 0.717) is 49.2 Å². The Bertz CT molecular complexity index is 1080. The summed E-state index contributed by atoms with van der Waals surface area (Å²) in [6.07, 6.45) is -3.28. The number of amides is 1. The van der Waals surface area contributed by atoms with Crippen LogP contribution in [-0.2, 0) is 17.5 Å². The molecule has 0 saturated carbocycles. The maximum Gasteiger partial charge on any atom is 0.416 e. The van der Waals surface area contributed by atoms with Gasteiger partial charge in [0.05, 0.1) is 12.1 Å². The fraction of sp³-hybridized carbons (Fsp3) is 0.318. The second kappa shape index (κ2) is 9.30. The molecule has 0 aliphatic carbocycles. The van der Waals surface area contributed by atoms with Gasteiger partial charge in [0.15, 0.2) is 0 Å². The van der Waals surface area contributed by atoms with Crippen molar-refractivity contribution in [2.75, 3.05) is 18.4 Å². The molecular weight excluding hydrogens is 445 g/mol. The van der Waals surface area contributed by atoms with Gasteiger partial charge in [0.2, 0.25) is 17.6 Å². The number of piperidine rings is 1. The van der Waals surface area contributed by atoms with Crippen LogP contribution in [0, 0.1) is 5.92 Å². The number of carbonyl (C=O) groups is 1. The summed E-state index contributed by atoms with van der Waals surface area (Å²) in [5.41, 5.74) is 0.157. The lowest BCUT2D eigenvalue weighted by molar-refractivity contribution is -0.137. The fourth-order valence-electron chi connectivity index (χ4n) is 3.60. The molecule has 0 atom stereocenters. The zero-order valence-corrected chi connectivity index (χ0v) is 17.7. The highest BCUT2D eigenvalue weighted by atomic mass is 35.5. The van der Waals surface area contributed by atoms with Crippen molar-refractivity contribution in [2.45, 2.75) is 25.6 Å². The molecule has 0 radical (unpaired) electrons. The molecule has 10 heteroatoms. The van der Waals surface area contributed by atoms with E-state index in [0.717, 1.165) is 17.7 Å². The maximum absolute atomic E-state index is 12.9. The summed E-state index contributed by atoms with van der Waals surface area (Å²) < 4.78 is 43.9. The smallest absolute Gasteiger partial charge is 0.338 e. The van der Waals surface area contributed by atoms with Gasteiger partial charge < -0.3 is 9.84 Å². The minimum Gasteiger partial charge on any atom is -0.338 e. The number of nitrogens with one attached hydrogen (secondary N) is 1. The summed E-state index contributed by atoms with van der Waals surface area (Å²) in [4.78, 5) is 19.0. The number of aromatic nitrogens is 2. The van der Waals surface area contributed by atoms with Gasteiger partial charge in [-0.15, -0.1) is 0 Å². The van der Waals surface area contributed by atoms with Crippen LogP contribution in [0.25, 0.3) is 11.4 Å². The molecule has 1 N–H and O–H groups in total. The van der Waals surface area contributed by atoms with Gasteiger partial charge in [0.1, 0.15) is 0 Å². The van der Waals surface area contributed by atoms with Crippen LogP contribution in [0.15, 0.2) is 53.1 Å². The van der Waals surface area contributed by atoms with Gasteiger partial charge >= 0.3 is 6.18 Å². The third-order valence-corrected chi connectivity index (χ3v) is 5.60. The first-order chi connectivity index (χ1) is 15.3. The van der Waals surface area contributed by atoms with Gasteiger partial charge in [-0.25, -0.2) is 0 Å². The number of rotatable bonds is 5. The molecule has 1 fully saturated rings. The van der Waals surface area contributed by atoms with Crippen molar-refractivity contribution in [1.29, 1.82) is 0 Å². The highest BCUT2D eigenvalue weighted by Crippen LogP contribution is 2.31. The molecule has 1 amide bonds. The number of halogens is 4. The summed E-state index contributed by atoms with van der Waals surface area (Å²) in [6.45, 7) is 1.74. The Morgan fingerprint density at radius 1 is 1.16 bits per heavy atom. The number of carbonyl (C=O) groups excluding carboxylic acids is 1. The van der Waals surface area contributed by atoms with Gasteiger partial charge in [-0.2, -0.15) is 18.2 Å². The molecule has 6 nitrogen and oxygen atoms in total. The number of likely N-dealkylation sites (tertiary alicyclic amines) is 1. The average Bonchev–Trinajstić information content (AvgIpc) is 3.23. The van der Waals surface area contributed by atoms with Crippen LogP contribution >= 0.6 is 11.6 Å². The molecule has 0 unspecified atom stereocenters. The first-order valence-electron chi connectivity index (χ1n) is 10.1. The van der Waals surface area contributed by atoms with Crippen LogP contribution in [0.4, 0.5) is 18.9 Å². The Hall–Kier alpha value is -2.91. The van der Waals surface area contributed by atoms with E-state index in [2.05, 4.69) is 20.4 Å².